The number of allylic oxidation sites excluding steroid dienone is 4. The number of piperidine rings is 1. The van der Waals surface area contributed by atoms with E-state index in [0.29, 0.717) is 35.8 Å². The molecule has 0 spiro atoms. The van der Waals surface area contributed by atoms with Crippen molar-refractivity contribution in [2.24, 2.45) is 5.92 Å². The number of rotatable bonds is 11. The Kier molecular flexibility index (Phi) is 12.4. The van der Waals surface area contributed by atoms with Crippen molar-refractivity contribution in [2.45, 2.75) is 71.9 Å². The summed E-state index contributed by atoms with van der Waals surface area (Å²) in [4.78, 5) is 43.5. The van der Waals surface area contributed by atoms with E-state index in [2.05, 4.69) is 33.9 Å². The number of amides is 4. The number of ether oxygens (including phenoxy) is 3. The zero-order valence-corrected chi connectivity index (χ0v) is 29.5. The Labute approximate surface area is 295 Å². The number of carbonyl (C=O) groups is 3. The number of hydrogen-bond acceptors (Lipinski definition) is 7. The lowest BCUT2D eigenvalue weighted by molar-refractivity contribution is 0.0635. The van der Waals surface area contributed by atoms with E-state index in [1.165, 1.54) is 19.1 Å². The monoisotopic (exact) mass is 683 g/mol. The third-order valence-corrected chi connectivity index (χ3v) is 8.60. The number of anilines is 2. The van der Waals surface area contributed by atoms with Crippen molar-refractivity contribution < 1.29 is 28.6 Å². The summed E-state index contributed by atoms with van der Waals surface area (Å²) in [7, 11) is 0. The Morgan fingerprint density at radius 3 is 2.36 bits per heavy atom. The fraction of sp³-hybridized carbons (Fsp3) is 0.410. The van der Waals surface area contributed by atoms with Gasteiger partial charge in [-0.05, 0) is 114 Å². The first-order chi connectivity index (χ1) is 24.0. The van der Waals surface area contributed by atoms with Gasteiger partial charge in [-0.25, -0.2) is 9.59 Å². The van der Waals surface area contributed by atoms with Gasteiger partial charge in [-0.3, -0.25) is 15.4 Å². The maximum Gasteiger partial charge on any atom is 0.412 e. The van der Waals surface area contributed by atoms with Crippen molar-refractivity contribution in [1.29, 1.82) is 0 Å². The first-order valence-electron chi connectivity index (χ1n) is 17.4. The first kappa shape index (κ1) is 36.3. The second-order valence-corrected chi connectivity index (χ2v) is 13.9. The second-order valence-electron chi connectivity index (χ2n) is 13.9. The van der Waals surface area contributed by atoms with Gasteiger partial charge in [0.1, 0.15) is 11.9 Å². The van der Waals surface area contributed by atoms with Gasteiger partial charge in [0.15, 0.2) is 12.0 Å². The molecule has 0 aromatic heterocycles. The summed E-state index contributed by atoms with van der Waals surface area (Å²) in [6.07, 6.45) is 13.4. The van der Waals surface area contributed by atoms with Crippen LogP contribution in [-0.2, 0) is 20.8 Å². The number of nitrogens with one attached hydrogen (secondary N) is 3. The standard InChI is InChI=1S/C39H49N5O6/c1-28-19-23-43(24-20-28)21-10-22-44(37(46)42-35-27-48-26-34(49-35)30-11-6-5-7-12-30)25-29-15-17-31(18-16-29)36(45)40-32-13-8-9-14-33(32)41-38(47)50-39(2,3)4/h5-6,8-9,11,13-18,26-28H,7,10,12,19-25H2,1-4H3,(H,40,45)(H,41,47)(H,42,46). The van der Waals surface area contributed by atoms with Crippen LogP contribution >= 0.6 is 0 Å². The van der Waals surface area contributed by atoms with Gasteiger partial charge in [-0.15, -0.1) is 0 Å². The molecule has 4 amide bonds. The van der Waals surface area contributed by atoms with Crippen molar-refractivity contribution in [3.63, 3.8) is 0 Å². The average molecular weight is 684 g/mol. The van der Waals surface area contributed by atoms with Crippen LogP contribution < -0.4 is 16.0 Å². The SMILES string of the molecule is CC1CCN(CCCN(Cc2ccc(C(=O)Nc3ccccc3NC(=O)OC(C)(C)C)cc2)C(=O)NC2=COC=C(C3=CC=CCC3)O2)CC1. The van der Waals surface area contributed by atoms with Crippen LogP contribution in [0.25, 0.3) is 0 Å². The van der Waals surface area contributed by atoms with Crippen LogP contribution in [0, 0.1) is 5.92 Å². The summed E-state index contributed by atoms with van der Waals surface area (Å²) >= 11 is 0. The first-order valence-corrected chi connectivity index (χ1v) is 17.4. The normalized spacial score (nSPS) is 16.5. The molecule has 0 radical (unpaired) electrons. The summed E-state index contributed by atoms with van der Waals surface area (Å²) in [5, 5.41) is 8.47. The summed E-state index contributed by atoms with van der Waals surface area (Å²) < 4.78 is 16.9. The summed E-state index contributed by atoms with van der Waals surface area (Å²) in [6, 6.07) is 13.8. The second kappa shape index (κ2) is 17.1. The molecule has 11 heteroatoms. The molecule has 0 saturated carbocycles. The molecule has 2 aromatic rings. The molecule has 50 heavy (non-hydrogen) atoms. The summed E-state index contributed by atoms with van der Waals surface area (Å²) in [6.45, 7) is 11.6. The van der Waals surface area contributed by atoms with Crippen LogP contribution in [0.15, 0.2) is 96.5 Å². The number of carbonyl (C=O) groups excluding carboxylic acids is 3. The van der Waals surface area contributed by atoms with Crippen molar-refractivity contribution in [2.75, 3.05) is 36.8 Å². The maximum atomic E-state index is 13.7. The van der Waals surface area contributed by atoms with Gasteiger partial charge in [0.25, 0.3) is 5.91 Å². The minimum absolute atomic E-state index is 0.228. The van der Waals surface area contributed by atoms with Crippen LogP contribution in [0.3, 0.4) is 0 Å². The van der Waals surface area contributed by atoms with E-state index < -0.39 is 11.7 Å². The predicted molar refractivity (Wildman–Crippen MR) is 194 cm³/mol. The van der Waals surface area contributed by atoms with E-state index in [-0.39, 0.29) is 17.8 Å². The fourth-order valence-corrected chi connectivity index (χ4v) is 5.83. The third kappa shape index (κ3) is 11.0. The number of para-hydroxylation sites is 2. The maximum absolute atomic E-state index is 13.7. The molecule has 3 aliphatic rings. The van der Waals surface area contributed by atoms with Crippen molar-refractivity contribution in [1.82, 2.24) is 15.1 Å². The summed E-state index contributed by atoms with van der Waals surface area (Å²) in [5.74, 6) is 1.23. The van der Waals surface area contributed by atoms with Gasteiger partial charge in [0, 0.05) is 18.7 Å². The van der Waals surface area contributed by atoms with E-state index in [0.717, 1.165) is 56.0 Å². The number of hydrogen-bond donors (Lipinski definition) is 3. The molecule has 266 valence electrons. The molecular weight excluding hydrogens is 634 g/mol. The highest BCUT2D eigenvalue weighted by Crippen LogP contribution is 2.26. The fourth-order valence-electron chi connectivity index (χ4n) is 5.83. The van der Waals surface area contributed by atoms with Crippen LogP contribution in [0.2, 0.25) is 0 Å². The van der Waals surface area contributed by atoms with Gasteiger partial charge < -0.3 is 29.3 Å². The topological polar surface area (TPSA) is 121 Å². The zero-order chi connectivity index (χ0) is 35.5. The highest BCUT2D eigenvalue weighted by Gasteiger charge is 2.22. The van der Waals surface area contributed by atoms with E-state index in [4.69, 9.17) is 14.2 Å². The number of likely N-dealkylation sites (tertiary alicyclic amines) is 1. The zero-order valence-electron chi connectivity index (χ0n) is 29.5. The Hall–Kier alpha value is -5.03. The van der Waals surface area contributed by atoms with Crippen molar-refractivity contribution in [3.8, 4) is 0 Å². The minimum atomic E-state index is -0.660. The molecule has 1 aliphatic carbocycles. The van der Waals surface area contributed by atoms with Crippen molar-refractivity contribution >= 4 is 29.4 Å². The lowest BCUT2D eigenvalue weighted by Crippen LogP contribution is -2.42. The van der Waals surface area contributed by atoms with Crippen molar-refractivity contribution in [3.05, 3.63) is 108 Å². The Bertz CT molecular complexity index is 1630. The van der Waals surface area contributed by atoms with E-state index in [9.17, 15) is 14.4 Å². The Morgan fingerprint density at radius 2 is 1.68 bits per heavy atom. The average Bonchev–Trinajstić information content (AvgIpc) is 3.09. The quantitative estimate of drug-likeness (QED) is 0.220. The predicted octanol–water partition coefficient (Wildman–Crippen LogP) is 7.88. The van der Waals surface area contributed by atoms with Gasteiger partial charge in [-0.2, -0.15) is 0 Å². The van der Waals surface area contributed by atoms with Gasteiger partial charge in [0.05, 0.1) is 11.4 Å². The molecular formula is C39H49N5O6. The van der Waals surface area contributed by atoms with Crippen LogP contribution in [-0.4, -0.2) is 59.6 Å². The Balaban J connectivity index is 1.21. The molecule has 11 nitrogen and oxygen atoms in total. The lowest BCUT2D eigenvalue weighted by Gasteiger charge is -2.31. The highest BCUT2D eigenvalue weighted by atomic mass is 16.6. The highest BCUT2D eigenvalue weighted by molar-refractivity contribution is 6.06. The molecule has 0 bridgehead atoms. The third-order valence-electron chi connectivity index (χ3n) is 8.60. The van der Waals surface area contributed by atoms with E-state index in [1.807, 2.05) is 24.3 Å². The van der Waals surface area contributed by atoms with E-state index >= 15 is 0 Å². The van der Waals surface area contributed by atoms with Crippen LogP contribution in [0.4, 0.5) is 21.0 Å². The van der Waals surface area contributed by atoms with E-state index in [1.54, 1.807) is 68.3 Å². The smallest absolute Gasteiger partial charge is 0.412 e. The molecule has 0 unspecified atom stereocenters. The molecule has 2 heterocycles. The van der Waals surface area contributed by atoms with Gasteiger partial charge in [-0.1, -0.05) is 49.4 Å². The molecule has 3 N–H and O–H groups in total. The molecule has 1 fully saturated rings. The van der Waals surface area contributed by atoms with Crippen LogP contribution in [0.5, 0.6) is 0 Å². The molecule has 1 saturated heterocycles. The van der Waals surface area contributed by atoms with Gasteiger partial charge in [0.2, 0.25) is 5.88 Å². The lowest BCUT2D eigenvalue weighted by atomic mass is 9.99. The molecule has 2 aromatic carbocycles. The van der Waals surface area contributed by atoms with Crippen LogP contribution in [0.1, 0.15) is 75.7 Å². The Morgan fingerprint density at radius 1 is 0.960 bits per heavy atom. The number of benzene rings is 2. The molecule has 2 aliphatic heterocycles. The van der Waals surface area contributed by atoms with Gasteiger partial charge >= 0.3 is 12.1 Å². The number of urea groups is 1. The summed E-state index contributed by atoms with van der Waals surface area (Å²) in [5.41, 5.74) is 2.51. The molecule has 5 rings (SSSR count). The molecule has 0 atom stereocenters. The number of nitrogens with zero attached hydrogens (tertiary/aromatic N) is 2. The largest absolute Gasteiger partial charge is 0.463 e. The minimum Gasteiger partial charge on any atom is -0.463 e.